The normalized spacial score (nSPS) is 17.7. The molecule has 2 aromatic heterocycles. The van der Waals surface area contributed by atoms with Crippen LogP contribution in [0.15, 0.2) is 28.6 Å². The van der Waals surface area contributed by atoms with Crippen molar-refractivity contribution in [3.63, 3.8) is 0 Å². The van der Waals surface area contributed by atoms with Gasteiger partial charge in [0.15, 0.2) is 0 Å². The molecule has 23 heavy (non-hydrogen) atoms. The van der Waals surface area contributed by atoms with Crippen molar-refractivity contribution in [2.45, 2.75) is 49.6 Å². The summed E-state index contributed by atoms with van der Waals surface area (Å²) in [6.45, 7) is 1.53. The Labute approximate surface area is 140 Å². The van der Waals surface area contributed by atoms with E-state index in [4.69, 9.17) is 0 Å². The van der Waals surface area contributed by atoms with E-state index in [1.54, 1.807) is 17.8 Å². The predicted molar refractivity (Wildman–Crippen MR) is 89.9 cm³/mol. The molecule has 1 unspecified atom stereocenters. The Hall–Kier alpha value is -1.22. The van der Waals surface area contributed by atoms with Gasteiger partial charge >= 0.3 is 0 Å². The summed E-state index contributed by atoms with van der Waals surface area (Å²) in [6.07, 6.45) is 5.27. The molecule has 2 aromatic rings. The lowest BCUT2D eigenvalue weighted by Gasteiger charge is -2.09. The van der Waals surface area contributed by atoms with Gasteiger partial charge in [-0.2, -0.15) is 5.10 Å². The average Bonchev–Trinajstić information content (AvgIpc) is 3.22. The maximum absolute atomic E-state index is 12.6. The maximum atomic E-state index is 12.6. The topological polar surface area (TPSA) is 84.2 Å². The zero-order valence-corrected chi connectivity index (χ0v) is 14.6. The molecule has 1 aliphatic carbocycles. The van der Waals surface area contributed by atoms with Crippen LogP contribution in [0.4, 0.5) is 0 Å². The molecule has 0 amide bonds. The second-order valence-corrected chi connectivity index (χ2v) is 8.62. The van der Waals surface area contributed by atoms with E-state index in [1.807, 2.05) is 17.5 Å². The lowest BCUT2D eigenvalue weighted by atomic mass is 10.3. The first kappa shape index (κ1) is 16.6. The Kier molecular flexibility index (Phi) is 4.86. The molecule has 0 spiro atoms. The minimum Gasteiger partial charge on any atom is -0.392 e. The van der Waals surface area contributed by atoms with Crippen molar-refractivity contribution in [1.29, 1.82) is 0 Å². The summed E-state index contributed by atoms with van der Waals surface area (Å²) in [4.78, 5) is 1.02. The first-order valence-electron chi connectivity index (χ1n) is 7.78. The molecular formula is C15H21N3O3S2. The van der Waals surface area contributed by atoms with Crippen molar-refractivity contribution in [3.05, 3.63) is 23.7 Å². The van der Waals surface area contributed by atoms with Gasteiger partial charge in [-0.25, -0.2) is 13.1 Å². The van der Waals surface area contributed by atoms with Gasteiger partial charge < -0.3 is 5.11 Å². The summed E-state index contributed by atoms with van der Waals surface area (Å²) in [6, 6.07) is 4.03. The molecule has 1 atom stereocenters. The highest BCUT2D eigenvalue weighted by atomic mass is 32.2. The van der Waals surface area contributed by atoms with Gasteiger partial charge in [0.25, 0.3) is 0 Å². The number of hydrogen-bond donors (Lipinski definition) is 2. The summed E-state index contributed by atoms with van der Waals surface area (Å²) in [5.74, 6) is 0. The van der Waals surface area contributed by atoms with E-state index in [9.17, 15) is 13.5 Å². The lowest BCUT2D eigenvalue weighted by molar-refractivity contribution is 0.198. The van der Waals surface area contributed by atoms with Crippen LogP contribution in [0, 0.1) is 0 Å². The number of hydrogen-bond acceptors (Lipinski definition) is 5. The number of nitrogens with one attached hydrogen (secondary N) is 1. The summed E-state index contributed by atoms with van der Waals surface area (Å²) in [5, 5.41) is 15.8. The molecule has 0 bridgehead atoms. The predicted octanol–water partition coefficient (Wildman–Crippen LogP) is 2.39. The summed E-state index contributed by atoms with van der Waals surface area (Å²) < 4.78 is 29.5. The molecule has 3 rings (SSSR count). The van der Waals surface area contributed by atoms with Gasteiger partial charge in [-0.05, 0) is 31.2 Å². The highest BCUT2D eigenvalue weighted by Gasteiger charge is 2.27. The Bertz CT molecular complexity index is 745. The molecule has 1 fully saturated rings. The number of thiophene rings is 1. The van der Waals surface area contributed by atoms with Crippen LogP contribution in [0.3, 0.4) is 0 Å². The van der Waals surface area contributed by atoms with Crippen LogP contribution in [0.2, 0.25) is 0 Å². The molecule has 0 radical (unpaired) electrons. The number of nitrogens with zero attached hydrogens (tertiary/aromatic N) is 2. The second kappa shape index (κ2) is 6.72. The summed E-state index contributed by atoms with van der Waals surface area (Å²) >= 11 is 1.47. The zero-order valence-electron chi connectivity index (χ0n) is 13.0. The van der Waals surface area contributed by atoms with Crippen molar-refractivity contribution < 1.29 is 13.5 Å². The first-order valence-corrected chi connectivity index (χ1v) is 10.1. The molecule has 0 aromatic carbocycles. The van der Waals surface area contributed by atoms with Crippen LogP contribution in [-0.4, -0.2) is 36.0 Å². The Balaban J connectivity index is 2.00. The highest BCUT2D eigenvalue weighted by Crippen LogP contribution is 2.34. The number of aliphatic hydroxyl groups excluding tert-OH is 1. The third-order valence-corrected chi connectivity index (χ3v) is 6.31. The maximum Gasteiger partial charge on any atom is 0.244 e. The fourth-order valence-corrected chi connectivity index (χ4v) is 4.88. The minimum atomic E-state index is -3.71. The molecule has 6 nitrogen and oxygen atoms in total. The third kappa shape index (κ3) is 3.65. The minimum absolute atomic E-state index is 0.0131. The monoisotopic (exact) mass is 355 g/mol. The van der Waals surface area contributed by atoms with Crippen LogP contribution in [-0.2, 0) is 10.0 Å². The van der Waals surface area contributed by atoms with Gasteiger partial charge in [0.05, 0.1) is 17.0 Å². The van der Waals surface area contributed by atoms with Crippen molar-refractivity contribution in [3.8, 4) is 10.6 Å². The van der Waals surface area contributed by atoms with Crippen molar-refractivity contribution in [2.75, 3.05) is 6.54 Å². The van der Waals surface area contributed by atoms with Crippen molar-refractivity contribution >= 4 is 21.4 Å². The highest BCUT2D eigenvalue weighted by molar-refractivity contribution is 7.89. The van der Waals surface area contributed by atoms with Gasteiger partial charge in [0, 0.05) is 12.7 Å². The van der Waals surface area contributed by atoms with Crippen molar-refractivity contribution in [1.82, 2.24) is 14.5 Å². The fourth-order valence-electron chi connectivity index (χ4n) is 2.82. The van der Waals surface area contributed by atoms with Crippen LogP contribution in [0.1, 0.15) is 38.6 Å². The Morgan fingerprint density at radius 1 is 1.48 bits per heavy atom. The third-order valence-electron chi connectivity index (χ3n) is 4.01. The molecule has 0 aliphatic heterocycles. The second-order valence-electron chi connectivity index (χ2n) is 5.94. The van der Waals surface area contributed by atoms with Crippen LogP contribution < -0.4 is 4.72 Å². The average molecular weight is 355 g/mol. The molecule has 126 valence electrons. The SMILES string of the molecule is CC(O)CNS(=O)(=O)c1cn(C2CCCC2)nc1-c1cccs1. The molecule has 1 saturated carbocycles. The van der Waals surface area contributed by atoms with E-state index in [0.29, 0.717) is 5.69 Å². The van der Waals surface area contributed by atoms with Crippen LogP contribution >= 0.6 is 11.3 Å². The van der Waals surface area contributed by atoms with Crippen LogP contribution in [0.25, 0.3) is 10.6 Å². The van der Waals surface area contributed by atoms with Gasteiger partial charge in [-0.1, -0.05) is 18.9 Å². The molecule has 2 heterocycles. The van der Waals surface area contributed by atoms with E-state index >= 15 is 0 Å². The summed E-state index contributed by atoms with van der Waals surface area (Å²) in [7, 11) is -3.71. The molecule has 0 saturated heterocycles. The number of rotatable bonds is 6. The molecule has 2 N–H and O–H groups in total. The molecular weight excluding hydrogens is 334 g/mol. The lowest BCUT2D eigenvalue weighted by Crippen LogP contribution is -2.30. The van der Waals surface area contributed by atoms with E-state index < -0.39 is 16.1 Å². The fraction of sp³-hybridized carbons (Fsp3) is 0.533. The zero-order chi connectivity index (χ0) is 16.4. The van der Waals surface area contributed by atoms with E-state index in [-0.39, 0.29) is 17.5 Å². The van der Waals surface area contributed by atoms with Gasteiger partial charge in [0.1, 0.15) is 10.6 Å². The standard InChI is InChI=1S/C15H21N3O3S2/c1-11(19)9-16-23(20,21)14-10-18(12-5-2-3-6-12)17-15(14)13-7-4-8-22-13/h4,7-8,10-12,16,19H,2-3,5-6,9H2,1H3. The van der Waals surface area contributed by atoms with E-state index in [2.05, 4.69) is 9.82 Å². The first-order chi connectivity index (χ1) is 11.0. The Morgan fingerprint density at radius 2 is 2.22 bits per heavy atom. The van der Waals surface area contributed by atoms with Gasteiger partial charge in [-0.15, -0.1) is 11.3 Å². The van der Waals surface area contributed by atoms with Gasteiger partial charge in [-0.3, -0.25) is 4.68 Å². The smallest absolute Gasteiger partial charge is 0.244 e. The van der Waals surface area contributed by atoms with Crippen LogP contribution in [0.5, 0.6) is 0 Å². The number of aliphatic hydroxyl groups is 1. The quantitative estimate of drug-likeness (QED) is 0.833. The largest absolute Gasteiger partial charge is 0.392 e. The molecule has 8 heteroatoms. The Morgan fingerprint density at radius 3 is 2.83 bits per heavy atom. The van der Waals surface area contributed by atoms with Crippen molar-refractivity contribution in [2.24, 2.45) is 0 Å². The molecule has 1 aliphatic rings. The van der Waals surface area contributed by atoms with E-state index in [0.717, 1.165) is 30.6 Å². The van der Waals surface area contributed by atoms with E-state index in [1.165, 1.54) is 11.3 Å². The van der Waals surface area contributed by atoms with Gasteiger partial charge in [0.2, 0.25) is 10.0 Å². The summed E-state index contributed by atoms with van der Waals surface area (Å²) in [5.41, 5.74) is 0.491. The number of aromatic nitrogens is 2. The number of sulfonamides is 1.